The van der Waals surface area contributed by atoms with E-state index in [9.17, 15) is 0 Å². The van der Waals surface area contributed by atoms with E-state index in [4.69, 9.17) is 5.73 Å². The molecule has 0 aromatic rings. The van der Waals surface area contributed by atoms with Gasteiger partial charge in [0.15, 0.2) is 0 Å². The van der Waals surface area contributed by atoms with Crippen molar-refractivity contribution in [2.75, 3.05) is 25.6 Å². The lowest BCUT2D eigenvalue weighted by Crippen LogP contribution is -2.62. The van der Waals surface area contributed by atoms with Gasteiger partial charge in [0.05, 0.1) is 0 Å². The van der Waals surface area contributed by atoms with Gasteiger partial charge in [-0.1, -0.05) is 6.92 Å². The first-order valence-electron chi connectivity index (χ1n) is 5.97. The predicted octanol–water partition coefficient (Wildman–Crippen LogP) is 2.19. The Kier molecular flexibility index (Phi) is 4.94. The van der Waals surface area contributed by atoms with Crippen molar-refractivity contribution in [3.05, 3.63) is 0 Å². The number of hydrogen-bond acceptors (Lipinski definition) is 3. The maximum atomic E-state index is 5.95. The van der Waals surface area contributed by atoms with Gasteiger partial charge >= 0.3 is 0 Å². The minimum absolute atomic E-state index is 0.317. The highest BCUT2D eigenvalue weighted by Gasteiger charge is 2.45. The van der Waals surface area contributed by atoms with Crippen LogP contribution in [-0.2, 0) is 0 Å². The quantitative estimate of drug-likeness (QED) is 0.758. The lowest BCUT2D eigenvalue weighted by atomic mass is 9.67. The average Bonchev–Trinajstić information content (AvgIpc) is 2.20. The van der Waals surface area contributed by atoms with E-state index in [0.717, 1.165) is 12.5 Å². The fraction of sp³-hybridized carbons (Fsp3) is 1.00. The first kappa shape index (κ1) is 13.3. The molecule has 1 aliphatic carbocycles. The van der Waals surface area contributed by atoms with Crippen LogP contribution in [0.15, 0.2) is 0 Å². The minimum Gasteiger partial charge on any atom is -0.329 e. The lowest BCUT2D eigenvalue weighted by Gasteiger charge is -2.54. The molecule has 2 N–H and O–H groups in total. The van der Waals surface area contributed by atoms with Crippen molar-refractivity contribution >= 4 is 11.8 Å². The highest BCUT2D eigenvalue weighted by molar-refractivity contribution is 7.98. The fourth-order valence-corrected chi connectivity index (χ4v) is 3.36. The fourth-order valence-electron chi connectivity index (χ4n) is 2.79. The molecular weight excluding hydrogens is 204 g/mol. The Hall–Kier alpha value is 0.270. The minimum atomic E-state index is 0.317. The maximum absolute atomic E-state index is 5.95. The zero-order valence-electron chi connectivity index (χ0n) is 10.6. The van der Waals surface area contributed by atoms with Gasteiger partial charge in [0.1, 0.15) is 0 Å². The lowest BCUT2D eigenvalue weighted by molar-refractivity contribution is -0.0183. The smallest absolute Gasteiger partial charge is 0.0336 e. The molecule has 0 amide bonds. The third-order valence-corrected chi connectivity index (χ3v) is 4.63. The molecule has 2 nitrogen and oxygen atoms in total. The summed E-state index contributed by atoms with van der Waals surface area (Å²) in [6.45, 7) is 5.47. The molecule has 0 aliphatic heterocycles. The van der Waals surface area contributed by atoms with Gasteiger partial charge in [0.2, 0.25) is 0 Å². The molecule has 90 valence electrons. The second kappa shape index (κ2) is 5.55. The first-order valence-corrected chi connectivity index (χ1v) is 7.37. The van der Waals surface area contributed by atoms with Gasteiger partial charge in [-0.2, -0.15) is 11.8 Å². The Morgan fingerprint density at radius 2 is 2.13 bits per heavy atom. The highest BCUT2D eigenvalue weighted by Crippen LogP contribution is 2.42. The van der Waals surface area contributed by atoms with Crippen LogP contribution in [0.3, 0.4) is 0 Å². The molecule has 15 heavy (non-hydrogen) atoms. The third-order valence-electron chi connectivity index (χ3n) is 3.99. The van der Waals surface area contributed by atoms with Crippen molar-refractivity contribution in [3.63, 3.8) is 0 Å². The van der Waals surface area contributed by atoms with Gasteiger partial charge in [0.25, 0.3) is 0 Å². The largest absolute Gasteiger partial charge is 0.329 e. The average molecular weight is 230 g/mol. The summed E-state index contributed by atoms with van der Waals surface area (Å²) >= 11 is 1.93. The summed E-state index contributed by atoms with van der Waals surface area (Å²) in [5.74, 6) is 2.12. The van der Waals surface area contributed by atoms with Crippen LogP contribution in [0.5, 0.6) is 0 Å². The molecule has 1 aliphatic rings. The van der Waals surface area contributed by atoms with E-state index < -0.39 is 0 Å². The van der Waals surface area contributed by atoms with Crippen LogP contribution in [-0.4, -0.2) is 42.1 Å². The molecule has 0 bridgehead atoms. The van der Waals surface area contributed by atoms with Crippen LogP contribution in [0.2, 0.25) is 0 Å². The number of nitrogens with two attached hydrogens (primary N) is 1. The first-order chi connectivity index (χ1) is 7.05. The molecule has 1 atom stereocenters. The molecule has 0 radical (unpaired) electrons. The normalized spacial score (nSPS) is 32.8. The van der Waals surface area contributed by atoms with E-state index in [0.29, 0.717) is 11.6 Å². The van der Waals surface area contributed by atoms with Crippen LogP contribution >= 0.6 is 11.8 Å². The summed E-state index contributed by atoms with van der Waals surface area (Å²) in [6, 6.07) is 0.661. The molecule has 1 unspecified atom stereocenters. The van der Waals surface area contributed by atoms with Crippen LogP contribution < -0.4 is 5.73 Å². The summed E-state index contributed by atoms with van der Waals surface area (Å²) in [6.07, 6.45) is 6.01. The second-order valence-corrected chi connectivity index (χ2v) is 6.17. The Labute approximate surface area is 99.0 Å². The molecule has 1 fully saturated rings. The van der Waals surface area contributed by atoms with Crippen molar-refractivity contribution in [1.29, 1.82) is 0 Å². The van der Waals surface area contributed by atoms with E-state index >= 15 is 0 Å². The Balaban J connectivity index is 2.46. The van der Waals surface area contributed by atoms with Crippen LogP contribution in [0.25, 0.3) is 0 Å². The summed E-state index contributed by atoms with van der Waals surface area (Å²) in [7, 11) is 2.25. The summed E-state index contributed by atoms with van der Waals surface area (Å²) in [5, 5.41) is 0. The zero-order valence-corrected chi connectivity index (χ0v) is 11.4. The van der Waals surface area contributed by atoms with Crippen LogP contribution in [0.1, 0.15) is 33.1 Å². The molecule has 3 heteroatoms. The van der Waals surface area contributed by atoms with Crippen molar-refractivity contribution in [3.8, 4) is 0 Å². The van der Waals surface area contributed by atoms with Crippen molar-refractivity contribution in [2.45, 2.75) is 44.7 Å². The monoisotopic (exact) mass is 230 g/mol. The van der Waals surface area contributed by atoms with Gasteiger partial charge in [-0.25, -0.2) is 0 Å². The van der Waals surface area contributed by atoms with Crippen LogP contribution in [0.4, 0.5) is 0 Å². The Morgan fingerprint density at radius 1 is 1.53 bits per heavy atom. The Morgan fingerprint density at radius 3 is 2.53 bits per heavy atom. The molecular formula is C12H26N2S. The Bertz CT molecular complexity index is 190. The predicted molar refractivity (Wildman–Crippen MR) is 70.4 cm³/mol. The second-order valence-electron chi connectivity index (χ2n) is 5.18. The van der Waals surface area contributed by atoms with E-state index in [2.05, 4.69) is 32.1 Å². The molecule has 0 aromatic heterocycles. The number of likely N-dealkylation sites (N-methyl/N-ethyl adjacent to an activating group) is 1. The van der Waals surface area contributed by atoms with E-state index in [1.807, 2.05) is 11.8 Å². The van der Waals surface area contributed by atoms with Gasteiger partial charge in [-0.05, 0) is 51.2 Å². The third kappa shape index (κ3) is 2.89. The molecule has 1 saturated carbocycles. The number of rotatable bonds is 6. The van der Waals surface area contributed by atoms with Crippen molar-refractivity contribution in [1.82, 2.24) is 4.90 Å². The number of nitrogens with zero attached hydrogens (tertiary/aromatic N) is 1. The maximum Gasteiger partial charge on any atom is 0.0336 e. The SMILES string of the molecule is CSCCC(C)N(C)C1(CN)CC(C)C1. The molecule has 0 saturated heterocycles. The molecule has 0 spiro atoms. The van der Waals surface area contributed by atoms with E-state index in [1.165, 1.54) is 25.0 Å². The topological polar surface area (TPSA) is 29.3 Å². The number of thioether (sulfide) groups is 1. The van der Waals surface area contributed by atoms with E-state index in [-0.39, 0.29) is 0 Å². The standard InChI is InChI=1S/C12H26N2S/c1-10-7-12(8-10,9-13)14(3)11(2)5-6-15-4/h10-11H,5-9,13H2,1-4H3. The van der Waals surface area contributed by atoms with Crippen LogP contribution in [0, 0.1) is 5.92 Å². The van der Waals surface area contributed by atoms with Gasteiger partial charge in [0, 0.05) is 18.1 Å². The zero-order chi connectivity index (χ0) is 11.5. The summed E-state index contributed by atoms with van der Waals surface area (Å²) in [5.41, 5.74) is 6.27. The number of hydrogen-bond donors (Lipinski definition) is 1. The van der Waals surface area contributed by atoms with Gasteiger partial charge < -0.3 is 5.73 Å². The van der Waals surface area contributed by atoms with E-state index in [1.54, 1.807) is 0 Å². The molecule has 0 heterocycles. The highest BCUT2D eigenvalue weighted by atomic mass is 32.2. The molecule has 0 aromatic carbocycles. The van der Waals surface area contributed by atoms with Gasteiger partial charge in [-0.3, -0.25) is 4.90 Å². The molecule has 1 rings (SSSR count). The van der Waals surface area contributed by atoms with Crippen molar-refractivity contribution in [2.24, 2.45) is 11.7 Å². The van der Waals surface area contributed by atoms with Crippen molar-refractivity contribution < 1.29 is 0 Å². The summed E-state index contributed by atoms with van der Waals surface area (Å²) in [4.78, 5) is 2.53. The summed E-state index contributed by atoms with van der Waals surface area (Å²) < 4.78 is 0. The van der Waals surface area contributed by atoms with Gasteiger partial charge in [-0.15, -0.1) is 0 Å².